The first-order valence-electron chi connectivity index (χ1n) is 10.5. The highest BCUT2D eigenvalue weighted by Gasteiger charge is 2.22. The van der Waals surface area contributed by atoms with Gasteiger partial charge >= 0.3 is 0 Å². The van der Waals surface area contributed by atoms with Gasteiger partial charge in [0.25, 0.3) is 0 Å². The lowest BCUT2D eigenvalue weighted by Gasteiger charge is -2.15. The summed E-state index contributed by atoms with van der Waals surface area (Å²) in [4.78, 5) is 8.72. The third-order valence-electron chi connectivity index (χ3n) is 4.92. The third-order valence-corrected chi connectivity index (χ3v) is 4.92. The molecule has 1 aliphatic carbocycles. The smallest absolute Gasteiger partial charge is 0.226 e. The van der Waals surface area contributed by atoms with E-state index >= 15 is 0 Å². The number of hydrogen-bond acceptors (Lipinski definition) is 5. The monoisotopic (exact) mass is 527 g/mol. The van der Waals surface area contributed by atoms with E-state index in [4.69, 9.17) is 9.26 Å². The fraction of sp³-hybridized carbons (Fsp3) is 0.591. The van der Waals surface area contributed by atoms with Crippen LogP contribution in [-0.4, -0.2) is 36.3 Å². The van der Waals surface area contributed by atoms with Crippen LogP contribution in [0.1, 0.15) is 61.9 Å². The molecule has 30 heavy (non-hydrogen) atoms. The fourth-order valence-corrected chi connectivity index (χ4v) is 2.88. The zero-order valence-corrected chi connectivity index (χ0v) is 20.7. The Balaban J connectivity index is 0.00000320. The van der Waals surface area contributed by atoms with Crippen molar-refractivity contribution in [2.24, 2.45) is 10.9 Å². The zero-order chi connectivity index (χ0) is 20.6. The number of nitrogens with zero attached hydrogens (tertiary/aromatic N) is 3. The molecule has 3 rings (SSSR count). The van der Waals surface area contributed by atoms with Gasteiger partial charge in [-0.1, -0.05) is 31.1 Å². The van der Waals surface area contributed by atoms with Gasteiger partial charge in [0.05, 0.1) is 6.61 Å². The average molecular weight is 527 g/mol. The molecule has 0 spiro atoms. The van der Waals surface area contributed by atoms with Gasteiger partial charge in [-0.05, 0) is 43.7 Å². The summed E-state index contributed by atoms with van der Waals surface area (Å²) in [7, 11) is 1.78. The summed E-state index contributed by atoms with van der Waals surface area (Å²) in [5.74, 6) is 4.22. The molecule has 0 aliphatic heterocycles. The molecule has 8 heteroatoms. The molecule has 1 aromatic carbocycles. The molecular weight excluding hydrogens is 493 g/mol. The number of guanidine groups is 1. The number of ether oxygens (including phenoxy) is 1. The van der Waals surface area contributed by atoms with Crippen LogP contribution in [-0.2, 0) is 13.0 Å². The van der Waals surface area contributed by atoms with Crippen molar-refractivity contribution in [1.29, 1.82) is 0 Å². The summed E-state index contributed by atoms with van der Waals surface area (Å²) >= 11 is 0. The van der Waals surface area contributed by atoms with Crippen LogP contribution < -0.4 is 15.4 Å². The molecule has 2 N–H and O–H groups in total. The van der Waals surface area contributed by atoms with Gasteiger partial charge in [0.1, 0.15) is 5.75 Å². The number of aryl methyl sites for hydroxylation is 2. The molecule has 0 radical (unpaired) electrons. The van der Waals surface area contributed by atoms with Crippen molar-refractivity contribution in [3.8, 4) is 5.75 Å². The van der Waals surface area contributed by atoms with E-state index in [1.165, 1.54) is 18.4 Å². The fourth-order valence-electron chi connectivity index (χ4n) is 2.88. The Morgan fingerprint density at radius 1 is 1.30 bits per heavy atom. The molecule has 1 aromatic heterocycles. The van der Waals surface area contributed by atoms with E-state index in [2.05, 4.69) is 64.7 Å². The van der Waals surface area contributed by atoms with Crippen LogP contribution in [0, 0.1) is 12.8 Å². The minimum absolute atomic E-state index is 0. The first-order chi connectivity index (χ1) is 14.0. The van der Waals surface area contributed by atoms with Crippen LogP contribution in [0.25, 0.3) is 0 Å². The molecule has 1 heterocycles. The highest BCUT2D eigenvalue weighted by atomic mass is 127. The van der Waals surface area contributed by atoms with Crippen LogP contribution >= 0.6 is 24.0 Å². The second-order valence-corrected chi connectivity index (χ2v) is 8.02. The number of nitrogens with one attached hydrogen (secondary N) is 2. The number of aromatic nitrogens is 2. The predicted molar refractivity (Wildman–Crippen MR) is 130 cm³/mol. The first kappa shape index (κ1) is 24.4. The van der Waals surface area contributed by atoms with Crippen LogP contribution in [0.5, 0.6) is 5.75 Å². The van der Waals surface area contributed by atoms with E-state index in [0.29, 0.717) is 12.4 Å². The van der Waals surface area contributed by atoms with Gasteiger partial charge in [-0.15, -0.1) is 24.0 Å². The Labute approximate surface area is 196 Å². The van der Waals surface area contributed by atoms with Crippen LogP contribution in [0.3, 0.4) is 0 Å². The van der Waals surface area contributed by atoms with E-state index in [9.17, 15) is 0 Å². The molecule has 166 valence electrons. The molecule has 1 aliphatic rings. The Kier molecular flexibility index (Phi) is 9.87. The van der Waals surface area contributed by atoms with E-state index in [1.807, 2.05) is 0 Å². The summed E-state index contributed by atoms with van der Waals surface area (Å²) in [5, 5.41) is 10.7. The van der Waals surface area contributed by atoms with Crippen molar-refractivity contribution in [3.63, 3.8) is 0 Å². The quantitative estimate of drug-likeness (QED) is 0.209. The molecule has 0 saturated heterocycles. The standard InChI is InChI=1S/C22H33N5O2.HI/c1-15(2)21-26-20(29-27-21)6-5-11-24-22(23-4)25-13-18-10-7-16(3)12-19(18)28-14-17-8-9-17;/h7,10,12,15,17H,5-6,8-9,11,13-14H2,1-4H3,(H2,23,24,25);1H. The Bertz CT molecular complexity index is 818. The van der Waals surface area contributed by atoms with E-state index < -0.39 is 0 Å². The molecule has 0 atom stereocenters. The number of benzene rings is 1. The molecule has 7 nitrogen and oxygen atoms in total. The van der Waals surface area contributed by atoms with Gasteiger partial charge in [0.15, 0.2) is 11.8 Å². The lowest BCUT2D eigenvalue weighted by molar-refractivity contribution is 0.296. The number of halogens is 1. The van der Waals surface area contributed by atoms with Gasteiger partial charge in [0.2, 0.25) is 5.89 Å². The Morgan fingerprint density at radius 2 is 2.10 bits per heavy atom. The summed E-state index contributed by atoms with van der Waals surface area (Å²) in [6.45, 7) is 8.47. The second-order valence-electron chi connectivity index (χ2n) is 8.02. The minimum atomic E-state index is 0. The average Bonchev–Trinajstić information content (AvgIpc) is 3.42. The number of aliphatic imine (C=N–C) groups is 1. The highest BCUT2D eigenvalue weighted by molar-refractivity contribution is 14.0. The molecule has 2 aromatic rings. The van der Waals surface area contributed by atoms with Gasteiger partial charge < -0.3 is 19.9 Å². The van der Waals surface area contributed by atoms with Crippen molar-refractivity contribution in [1.82, 2.24) is 20.8 Å². The molecule has 1 fully saturated rings. The summed E-state index contributed by atoms with van der Waals surface area (Å²) in [5.41, 5.74) is 2.36. The second kappa shape index (κ2) is 12.1. The summed E-state index contributed by atoms with van der Waals surface area (Å²) in [6.07, 6.45) is 4.22. The van der Waals surface area contributed by atoms with Gasteiger partial charge in [-0.3, -0.25) is 4.99 Å². The number of rotatable bonds is 10. The maximum atomic E-state index is 6.05. The zero-order valence-electron chi connectivity index (χ0n) is 18.4. The van der Waals surface area contributed by atoms with Crippen molar-refractivity contribution >= 4 is 29.9 Å². The Morgan fingerprint density at radius 3 is 2.77 bits per heavy atom. The van der Waals surface area contributed by atoms with E-state index in [0.717, 1.165) is 55.0 Å². The molecule has 0 amide bonds. The van der Waals surface area contributed by atoms with Crippen LogP contribution in [0.4, 0.5) is 0 Å². The molecular formula is C22H34IN5O2. The van der Waals surface area contributed by atoms with Gasteiger partial charge in [-0.2, -0.15) is 4.98 Å². The summed E-state index contributed by atoms with van der Waals surface area (Å²) < 4.78 is 11.3. The predicted octanol–water partition coefficient (Wildman–Crippen LogP) is 4.21. The van der Waals surface area contributed by atoms with Crippen LogP contribution in [0.2, 0.25) is 0 Å². The largest absolute Gasteiger partial charge is 0.493 e. The normalized spacial score (nSPS) is 13.8. The highest BCUT2D eigenvalue weighted by Crippen LogP contribution is 2.30. The van der Waals surface area contributed by atoms with Crippen molar-refractivity contribution in [2.45, 2.75) is 58.9 Å². The van der Waals surface area contributed by atoms with Crippen molar-refractivity contribution in [3.05, 3.63) is 41.0 Å². The summed E-state index contributed by atoms with van der Waals surface area (Å²) in [6, 6.07) is 6.36. The van der Waals surface area contributed by atoms with E-state index in [1.54, 1.807) is 7.05 Å². The maximum absolute atomic E-state index is 6.05. The molecule has 0 unspecified atom stereocenters. The lowest BCUT2D eigenvalue weighted by Crippen LogP contribution is -2.37. The lowest BCUT2D eigenvalue weighted by atomic mass is 10.1. The third kappa shape index (κ3) is 7.77. The molecule has 0 bridgehead atoms. The van der Waals surface area contributed by atoms with Crippen LogP contribution in [0.15, 0.2) is 27.7 Å². The van der Waals surface area contributed by atoms with E-state index in [-0.39, 0.29) is 29.9 Å². The molecule has 1 saturated carbocycles. The van der Waals surface area contributed by atoms with Crippen molar-refractivity contribution in [2.75, 3.05) is 20.2 Å². The Hall–Kier alpha value is -1.84. The maximum Gasteiger partial charge on any atom is 0.226 e. The van der Waals surface area contributed by atoms with Crippen molar-refractivity contribution < 1.29 is 9.26 Å². The minimum Gasteiger partial charge on any atom is -0.493 e. The SMILES string of the molecule is CN=C(NCCCc1nc(C(C)C)no1)NCc1ccc(C)cc1OCC1CC1.I. The van der Waals surface area contributed by atoms with Gasteiger partial charge in [0, 0.05) is 38.0 Å². The number of hydrogen-bond donors (Lipinski definition) is 2. The topological polar surface area (TPSA) is 84.6 Å². The first-order valence-corrected chi connectivity index (χ1v) is 10.5. The van der Waals surface area contributed by atoms with Gasteiger partial charge in [-0.25, -0.2) is 0 Å².